The smallest absolute Gasteiger partial charge is 0.230 e. The van der Waals surface area contributed by atoms with Crippen molar-refractivity contribution in [2.45, 2.75) is 19.8 Å². The van der Waals surface area contributed by atoms with E-state index in [1.54, 1.807) is 17.8 Å². The summed E-state index contributed by atoms with van der Waals surface area (Å²) in [5, 5.41) is 2.96. The van der Waals surface area contributed by atoms with Crippen LogP contribution in [0, 0.1) is 17.6 Å². The van der Waals surface area contributed by atoms with Crippen molar-refractivity contribution in [3.63, 3.8) is 0 Å². The van der Waals surface area contributed by atoms with Gasteiger partial charge in [-0.3, -0.25) is 4.79 Å². The van der Waals surface area contributed by atoms with Gasteiger partial charge in [-0.05, 0) is 36.6 Å². The Bertz CT molecular complexity index is 513. The van der Waals surface area contributed by atoms with Gasteiger partial charge in [0, 0.05) is 31.4 Å². The van der Waals surface area contributed by atoms with Gasteiger partial charge in [0.15, 0.2) is 11.6 Å². The molecule has 0 spiro atoms. The molecule has 6 heteroatoms. The molecule has 1 heterocycles. The molecule has 1 N–H and O–H groups in total. The molecule has 1 amide bonds. The second-order valence-electron chi connectivity index (χ2n) is 5.56. The second-order valence-corrected chi connectivity index (χ2v) is 6.66. The molecule has 1 aromatic carbocycles. The number of amides is 1. The number of benzene rings is 1. The summed E-state index contributed by atoms with van der Waals surface area (Å²) in [6.45, 7) is 4.30. The molecule has 1 aliphatic heterocycles. The first-order chi connectivity index (χ1) is 10.6. The first kappa shape index (κ1) is 17.1. The van der Waals surface area contributed by atoms with E-state index >= 15 is 0 Å². The van der Waals surface area contributed by atoms with E-state index in [1.807, 2.05) is 4.90 Å². The Morgan fingerprint density at radius 3 is 2.95 bits per heavy atom. The molecule has 22 heavy (non-hydrogen) atoms. The first-order valence-electron chi connectivity index (χ1n) is 7.64. The Labute approximate surface area is 134 Å². The van der Waals surface area contributed by atoms with Crippen molar-refractivity contribution >= 4 is 23.4 Å². The van der Waals surface area contributed by atoms with E-state index in [0.717, 1.165) is 37.8 Å². The number of halogens is 2. The van der Waals surface area contributed by atoms with Crippen molar-refractivity contribution in [1.82, 2.24) is 5.32 Å². The van der Waals surface area contributed by atoms with Crippen molar-refractivity contribution in [2.24, 2.45) is 5.92 Å². The van der Waals surface area contributed by atoms with E-state index in [9.17, 15) is 13.6 Å². The predicted octanol–water partition coefficient (Wildman–Crippen LogP) is 3.05. The van der Waals surface area contributed by atoms with E-state index < -0.39 is 11.6 Å². The lowest BCUT2D eigenvalue weighted by atomic mass is 10.1. The van der Waals surface area contributed by atoms with Crippen LogP contribution in [0.3, 0.4) is 0 Å². The molecule has 0 aromatic heterocycles. The maximum Gasteiger partial charge on any atom is 0.230 e. The van der Waals surface area contributed by atoms with Crippen LogP contribution < -0.4 is 10.2 Å². The fourth-order valence-electron chi connectivity index (χ4n) is 2.53. The summed E-state index contributed by atoms with van der Waals surface area (Å²) in [7, 11) is 0. The summed E-state index contributed by atoms with van der Waals surface area (Å²) < 4.78 is 26.2. The normalized spacial score (nSPS) is 17.8. The van der Waals surface area contributed by atoms with Crippen LogP contribution in [0.2, 0.25) is 0 Å². The maximum atomic E-state index is 13.3. The van der Waals surface area contributed by atoms with E-state index in [2.05, 4.69) is 12.2 Å². The lowest BCUT2D eigenvalue weighted by molar-refractivity contribution is -0.118. The maximum absolute atomic E-state index is 13.3. The minimum absolute atomic E-state index is 0.0738. The summed E-state index contributed by atoms with van der Waals surface area (Å²) >= 11 is 1.64. The van der Waals surface area contributed by atoms with Crippen LogP contribution in [0.15, 0.2) is 18.2 Å². The molecular formula is C16H22F2N2OS. The topological polar surface area (TPSA) is 32.3 Å². The number of nitrogens with zero attached hydrogens (tertiary/aromatic N) is 1. The number of hydrogen-bond acceptors (Lipinski definition) is 3. The quantitative estimate of drug-likeness (QED) is 0.781. The molecule has 1 aliphatic rings. The lowest BCUT2D eigenvalue weighted by Gasteiger charge is -2.19. The van der Waals surface area contributed by atoms with Crippen LogP contribution in [0.4, 0.5) is 14.5 Å². The van der Waals surface area contributed by atoms with Gasteiger partial charge >= 0.3 is 0 Å². The highest BCUT2D eigenvalue weighted by Gasteiger charge is 2.23. The molecule has 0 saturated carbocycles. The molecule has 0 bridgehead atoms. The molecule has 1 fully saturated rings. The number of rotatable bonds is 7. The van der Waals surface area contributed by atoms with E-state index in [-0.39, 0.29) is 5.91 Å². The number of anilines is 1. The van der Waals surface area contributed by atoms with Crippen molar-refractivity contribution in [3.05, 3.63) is 29.8 Å². The van der Waals surface area contributed by atoms with Crippen molar-refractivity contribution in [1.29, 1.82) is 0 Å². The van der Waals surface area contributed by atoms with Crippen LogP contribution in [-0.2, 0) is 4.79 Å². The third-order valence-corrected chi connectivity index (χ3v) is 4.89. The average molecular weight is 328 g/mol. The summed E-state index contributed by atoms with van der Waals surface area (Å²) in [4.78, 5) is 13.7. The van der Waals surface area contributed by atoms with E-state index in [1.165, 1.54) is 6.07 Å². The molecule has 1 aromatic rings. The fraction of sp³-hybridized carbons (Fsp3) is 0.562. The minimum atomic E-state index is -0.823. The predicted molar refractivity (Wildman–Crippen MR) is 87.3 cm³/mol. The fourth-order valence-corrected chi connectivity index (χ4v) is 3.25. The molecule has 0 aliphatic carbocycles. The minimum Gasteiger partial charge on any atom is -0.371 e. The third kappa shape index (κ3) is 4.87. The molecule has 1 unspecified atom stereocenters. The number of carbonyl (C=O) groups excluding carboxylic acids is 1. The van der Waals surface area contributed by atoms with Gasteiger partial charge < -0.3 is 10.2 Å². The zero-order chi connectivity index (χ0) is 15.9. The molecule has 1 atom stereocenters. The van der Waals surface area contributed by atoms with Crippen molar-refractivity contribution < 1.29 is 13.6 Å². The Kier molecular flexibility index (Phi) is 6.49. The number of carbonyl (C=O) groups is 1. The Morgan fingerprint density at radius 1 is 1.41 bits per heavy atom. The van der Waals surface area contributed by atoms with Crippen LogP contribution in [0.1, 0.15) is 19.8 Å². The van der Waals surface area contributed by atoms with Crippen molar-refractivity contribution in [2.75, 3.05) is 36.0 Å². The lowest BCUT2D eigenvalue weighted by Crippen LogP contribution is -2.32. The van der Waals surface area contributed by atoms with Gasteiger partial charge in [0.1, 0.15) is 0 Å². The molecule has 0 radical (unpaired) electrons. The summed E-state index contributed by atoms with van der Waals surface area (Å²) in [5.41, 5.74) is 0.700. The Hall–Kier alpha value is -1.30. The van der Waals surface area contributed by atoms with Gasteiger partial charge in [-0.15, -0.1) is 0 Å². The van der Waals surface area contributed by atoms with Gasteiger partial charge in [-0.1, -0.05) is 6.92 Å². The van der Waals surface area contributed by atoms with E-state index in [4.69, 9.17) is 0 Å². The molecular weight excluding hydrogens is 306 g/mol. The third-order valence-electron chi connectivity index (χ3n) is 3.72. The highest BCUT2D eigenvalue weighted by molar-refractivity contribution is 7.99. The number of thioether (sulfide) groups is 1. The first-order valence-corrected chi connectivity index (χ1v) is 8.80. The number of hydrogen-bond donors (Lipinski definition) is 1. The monoisotopic (exact) mass is 328 g/mol. The van der Waals surface area contributed by atoms with Crippen LogP contribution in [0.25, 0.3) is 0 Å². The summed E-state index contributed by atoms with van der Waals surface area (Å²) in [6.07, 6.45) is 2.02. The number of nitrogens with one attached hydrogen (secondary N) is 1. The van der Waals surface area contributed by atoms with Crippen molar-refractivity contribution in [3.8, 4) is 0 Å². The average Bonchev–Trinajstić information content (AvgIpc) is 2.97. The Morgan fingerprint density at radius 2 is 2.23 bits per heavy atom. The zero-order valence-corrected chi connectivity index (χ0v) is 13.6. The Balaban J connectivity index is 1.75. The van der Waals surface area contributed by atoms with Crippen LogP contribution in [-0.4, -0.2) is 37.0 Å². The molecule has 122 valence electrons. The molecule has 1 saturated heterocycles. The highest BCUT2D eigenvalue weighted by atomic mass is 32.2. The van der Waals surface area contributed by atoms with Crippen LogP contribution >= 0.6 is 11.8 Å². The zero-order valence-electron chi connectivity index (χ0n) is 12.8. The second kappa shape index (κ2) is 8.36. The van der Waals surface area contributed by atoms with E-state index in [0.29, 0.717) is 23.9 Å². The molecule has 2 rings (SSSR count). The van der Waals surface area contributed by atoms with Crippen LogP contribution in [0.5, 0.6) is 0 Å². The van der Waals surface area contributed by atoms with Gasteiger partial charge in [0.2, 0.25) is 5.91 Å². The van der Waals surface area contributed by atoms with Gasteiger partial charge in [-0.2, -0.15) is 11.8 Å². The SMILES string of the molecule is CCCSCC(=O)NCC1CCN(c2ccc(F)c(F)c2)C1. The largest absolute Gasteiger partial charge is 0.371 e. The summed E-state index contributed by atoms with van der Waals surface area (Å²) in [6, 6.07) is 3.99. The summed E-state index contributed by atoms with van der Waals surface area (Å²) in [5.74, 6) is 0.297. The molecule has 3 nitrogen and oxygen atoms in total. The van der Waals surface area contributed by atoms with Gasteiger partial charge in [0.05, 0.1) is 5.75 Å². The standard InChI is InChI=1S/C16H22F2N2OS/c1-2-7-22-11-16(21)19-9-12-5-6-20(10-12)13-3-4-14(17)15(18)8-13/h3-4,8,12H,2,5-7,9-11H2,1H3,(H,19,21). The van der Waals surface area contributed by atoms with Gasteiger partial charge in [-0.25, -0.2) is 8.78 Å². The van der Waals surface area contributed by atoms with Gasteiger partial charge in [0.25, 0.3) is 0 Å². The highest BCUT2D eigenvalue weighted by Crippen LogP contribution is 2.24.